The number of ether oxygens (including phenoxy) is 1. The van der Waals surface area contributed by atoms with Gasteiger partial charge in [0.05, 0.1) is 24.9 Å². The molecule has 0 radical (unpaired) electrons. The summed E-state index contributed by atoms with van der Waals surface area (Å²) in [5, 5.41) is 15.3. The number of alkyl halides is 3. The maximum atomic E-state index is 11.9. The van der Waals surface area contributed by atoms with Crippen LogP contribution < -0.4 is 10.00 Å². The number of methoxy groups -OCH3 is 1. The van der Waals surface area contributed by atoms with Gasteiger partial charge in [0.2, 0.25) is 0 Å². The summed E-state index contributed by atoms with van der Waals surface area (Å²) >= 11 is 0. The third kappa shape index (κ3) is 9.31. The Hall–Kier alpha value is -3.50. The van der Waals surface area contributed by atoms with E-state index in [1.807, 2.05) is 18.2 Å². The molecule has 2 N–H and O–H groups in total. The minimum absolute atomic E-state index is 0.0110. The molecule has 0 saturated carbocycles. The summed E-state index contributed by atoms with van der Waals surface area (Å²) in [4.78, 5) is 26.5. The molecular formula is C18H20F3N4O4+. The van der Waals surface area contributed by atoms with Crippen LogP contribution in [-0.2, 0) is 22.6 Å². The van der Waals surface area contributed by atoms with Crippen LogP contribution in [0.1, 0.15) is 22.5 Å². The zero-order chi connectivity index (χ0) is 21.9. The van der Waals surface area contributed by atoms with Crippen molar-refractivity contribution in [3.05, 3.63) is 66.5 Å². The zero-order valence-corrected chi connectivity index (χ0v) is 15.5. The van der Waals surface area contributed by atoms with Crippen molar-refractivity contribution in [3.8, 4) is 0 Å². The van der Waals surface area contributed by atoms with E-state index >= 15 is 0 Å². The fourth-order valence-electron chi connectivity index (χ4n) is 1.75. The summed E-state index contributed by atoms with van der Waals surface area (Å²) in [6.07, 6.45) is 0.239. The highest BCUT2D eigenvalue weighted by molar-refractivity contribution is 5.93. The van der Waals surface area contributed by atoms with Crippen LogP contribution in [0.15, 0.2) is 55.2 Å². The molecule has 2 aromatic rings. The van der Waals surface area contributed by atoms with Crippen LogP contribution in [-0.4, -0.2) is 40.4 Å². The van der Waals surface area contributed by atoms with Crippen molar-refractivity contribution in [2.75, 3.05) is 7.11 Å². The number of hydrogen-bond donors (Lipinski definition) is 2. The van der Waals surface area contributed by atoms with Crippen LogP contribution in [0.25, 0.3) is 0 Å². The summed E-state index contributed by atoms with van der Waals surface area (Å²) in [6, 6.07) is 7.08. The summed E-state index contributed by atoms with van der Waals surface area (Å²) in [5.74, 6) is -2.31. The summed E-state index contributed by atoms with van der Waals surface area (Å²) < 4.78 is 38.9. The summed E-state index contributed by atoms with van der Waals surface area (Å²) in [7, 11) is 0.926. The Labute approximate surface area is 164 Å². The van der Waals surface area contributed by atoms with E-state index in [0.29, 0.717) is 12.1 Å². The lowest BCUT2D eigenvalue weighted by atomic mass is 10.3. The molecule has 8 nitrogen and oxygen atoms in total. The van der Waals surface area contributed by atoms with Crippen molar-refractivity contribution in [1.29, 1.82) is 0 Å². The first-order valence-electron chi connectivity index (χ1n) is 8.19. The topological polar surface area (TPSA) is 105 Å². The number of carboxylic acids is 1. The predicted molar refractivity (Wildman–Crippen MR) is 94.3 cm³/mol. The third-order valence-electron chi connectivity index (χ3n) is 3.31. The Kier molecular flexibility index (Phi) is 9.23. The maximum absolute atomic E-state index is 11.9. The number of carboxylic acid groups (broad SMARTS) is 1. The molecule has 0 aromatic carbocycles. The number of aliphatic carboxylic acids is 1. The number of hydrogen-bond acceptors (Lipinski definition) is 5. The van der Waals surface area contributed by atoms with E-state index < -0.39 is 17.9 Å². The average Bonchev–Trinajstić information content (AvgIpc) is 2.70. The number of aromatic nitrogens is 3. The van der Waals surface area contributed by atoms with E-state index in [1.54, 1.807) is 18.5 Å². The molecule has 0 fully saturated rings. The minimum Gasteiger partial charge on any atom is -0.493 e. The number of carbonyl (C=O) groups is 2. The Morgan fingerprint density at radius 1 is 1.31 bits per heavy atom. The smallest absolute Gasteiger partial charge is 0.448 e. The molecule has 2 aromatic heterocycles. The van der Waals surface area contributed by atoms with Crippen LogP contribution in [0.2, 0.25) is 0 Å². The zero-order valence-electron chi connectivity index (χ0n) is 15.5. The molecule has 0 aliphatic heterocycles. The molecule has 1 amide bonds. The molecule has 2 heterocycles. The molecule has 0 saturated heterocycles. The second-order valence-corrected chi connectivity index (χ2v) is 5.45. The first-order chi connectivity index (χ1) is 13.6. The van der Waals surface area contributed by atoms with Gasteiger partial charge in [-0.15, -0.1) is 0 Å². The van der Waals surface area contributed by atoms with Crippen LogP contribution in [0, 0.1) is 0 Å². The fourth-order valence-corrected chi connectivity index (χ4v) is 1.75. The van der Waals surface area contributed by atoms with Gasteiger partial charge in [-0.1, -0.05) is 17.3 Å². The monoisotopic (exact) mass is 413 g/mol. The first kappa shape index (κ1) is 23.5. The Balaban J connectivity index is 0.000000447. The van der Waals surface area contributed by atoms with E-state index in [2.05, 4.69) is 26.7 Å². The summed E-state index contributed by atoms with van der Waals surface area (Å²) in [5.41, 5.74) is 1.18. The number of rotatable bonds is 7. The Morgan fingerprint density at radius 2 is 2.03 bits per heavy atom. The Bertz CT molecular complexity index is 812. The quantitative estimate of drug-likeness (QED) is 0.531. The molecule has 0 atom stereocenters. The van der Waals surface area contributed by atoms with E-state index in [0.717, 1.165) is 12.8 Å². The van der Waals surface area contributed by atoms with E-state index in [-0.39, 0.29) is 18.9 Å². The molecule has 0 aliphatic rings. The largest absolute Gasteiger partial charge is 0.493 e. The number of halogens is 3. The van der Waals surface area contributed by atoms with Gasteiger partial charge >= 0.3 is 12.1 Å². The average molecular weight is 413 g/mol. The van der Waals surface area contributed by atoms with Crippen LogP contribution >= 0.6 is 0 Å². The van der Waals surface area contributed by atoms with Gasteiger partial charge in [0.25, 0.3) is 5.91 Å². The maximum Gasteiger partial charge on any atom is 0.448 e. The number of pyridine rings is 1. The second-order valence-electron chi connectivity index (χ2n) is 5.45. The van der Waals surface area contributed by atoms with Crippen molar-refractivity contribution >= 4 is 11.9 Å². The van der Waals surface area contributed by atoms with Gasteiger partial charge in [0.1, 0.15) is 12.6 Å². The van der Waals surface area contributed by atoms with Gasteiger partial charge in [-0.25, -0.2) is 0 Å². The minimum atomic E-state index is -4.41. The number of nitrogens with one attached hydrogen (secondary N) is 1. The van der Waals surface area contributed by atoms with Gasteiger partial charge in [-0.3, -0.25) is 14.6 Å². The number of amides is 1. The van der Waals surface area contributed by atoms with Gasteiger partial charge in [-0.05, 0) is 17.2 Å². The molecule has 29 heavy (non-hydrogen) atoms. The normalized spacial score (nSPS) is 10.3. The molecule has 0 spiro atoms. The van der Waals surface area contributed by atoms with Crippen molar-refractivity contribution in [3.63, 3.8) is 0 Å². The highest BCUT2D eigenvalue weighted by Crippen LogP contribution is 2.23. The van der Waals surface area contributed by atoms with Crippen molar-refractivity contribution in [1.82, 2.24) is 15.4 Å². The Morgan fingerprint density at radius 3 is 2.48 bits per heavy atom. The predicted octanol–water partition coefficient (Wildman–Crippen LogP) is 1.88. The number of carbonyl (C=O) groups excluding carboxylic acids is 1. The SMILES string of the molecule is C=C(OC)C(F)(F)F.O=C(O)CC[n+]1ccc(C(=O)NCc2ccccn2)cn1. The number of nitrogens with zero attached hydrogens (tertiary/aromatic N) is 3. The highest BCUT2D eigenvalue weighted by Gasteiger charge is 2.33. The molecule has 0 bridgehead atoms. The van der Waals surface area contributed by atoms with Crippen molar-refractivity contribution in [2.45, 2.75) is 25.7 Å². The lowest BCUT2D eigenvalue weighted by Gasteiger charge is -2.06. The molecule has 0 unspecified atom stereocenters. The highest BCUT2D eigenvalue weighted by atomic mass is 19.4. The lowest BCUT2D eigenvalue weighted by Crippen LogP contribution is -2.39. The van der Waals surface area contributed by atoms with Gasteiger partial charge in [-0.2, -0.15) is 13.2 Å². The molecule has 0 aliphatic carbocycles. The van der Waals surface area contributed by atoms with E-state index in [1.165, 1.54) is 10.9 Å². The molecule has 2 rings (SSSR count). The van der Waals surface area contributed by atoms with E-state index in [9.17, 15) is 22.8 Å². The van der Waals surface area contributed by atoms with Gasteiger partial charge in [0.15, 0.2) is 18.5 Å². The standard InChI is InChI=1S/C14H14N4O3.C4H5F3O/c19-13(20)5-8-18-7-4-11(9-17-18)14(21)16-10-12-3-1-2-6-15-12;1-3(8-2)4(5,6)7/h1-4,6-7,9H,5,8,10H2,(H-,16,19,20,21);1H2,2H3/p+1. The van der Waals surface area contributed by atoms with Gasteiger partial charge in [0, 0.05) is 12.3 Å². The van der Waals surface area contributed by atoms with Crippen LogP contribution in [0.5, 0.6) is 0 Å². The third-order valence-corrected chi connectivity index (χ3v) is 3.31. The fraction of sp³-hybridized carbons (Fsp3) is 0.278. The van der Waals surface area contributed by atoms with Crippen molar-refractivity contribution < 1.29 is 37.3 Å². The lowest BCUT2D eigenvalue weighted by molar-refractivity contribution is -0.753. The van der Waals surface area contributed by atoms with Crippen LogP contribution in [0.4, 0.5) is 13.2 Å². The van der Waals surface area contributed by atoms with Crippen molar-refractivity contribution in [2.24, 2.45) is 0 Å². The molecule has 11 heteroatoms. The number of allylic oxidation sites excluding steroid dienone is 1. The molecule has 156 valence electrons. The molecular weight excluding hydrogens is 393 g/mol. The van der Waals surface area contributed by atoms with E-state index in [4.69, 9.17) is 5.11 Å². The second kappa shape index (κ2) is 11.4. The summed E-state index contributed by atoms with van der Waals surface area (Å²) in [6.45, 7) is 3.21. The number of aryl methyl sites for hydroxylation is 1. The van der Waals surface area contributed by atoms with Crippen LogP contribution in [0.3, 0.4) is 0 Å². The first-order valence-corrected chi connectivity index (χ1v) is 8.19. The van der Waals surface area contributed by atoms with Gasteiger partial charge < -0.3 is 15.2 Å².